The number of amides is 1. The van der Waals surface area contributed by atoms with Gasteiger partial charge in [0, 0.05) is 30.4 Å². The molecule has 1 aromatic carbocycles. The topological polar surface area (TPSA) is 56.7 Å². The van der Waals surface area contributed by atoms with Crippen LogP contribution >= 0.6 is 11.3 Å². The minimum absolute atomic E-state index is 0.0772. The highest BCUT2D eigenvalue weighted by Gasteiger charge is 2.46. The Morgan fingerprint density at radius 1 is 1.21 bits per heavy atom. The number of hydrogen-bond donors (Lipinski definition) is 1. The molecule has 0 radical (unpaired) electrons. The number of piperidine rings is 1. The molecule has 126 valence electrons. The lowest BCUT2D eigenvalue weighted by atomic mass is 9.72. The van der Waals surface area contributed by atoms with Gasteiger partial charge >= 0.3 is 0 Å². The molecule has 0 unspecified atom stereocenters. The van der Waals surface area contributed by atoms with Crippen molar-refractivity contribution in [3.8, 4) is 5.75 Å². The summed E-state index contributed by atoms with van der Waals surface area (Å²) in [7, 11) is 0. The van der Waals surface area contributed by atoms with Gasteiger partial charge < -0.3 is 10.0 Å². The summed E-state index contributed by atoms with van der Waals surface area (Å²) >= 11 is 1.47. The van der Waals surface area contributed by atoms with Crippen molar-refractivity contribution in [2.45, 2.75) is 19.4 Å². The van der Waals surface area contributed by atoms with Gasteiger partial charge in [-0.2, -0.15) is 0 Å². The zero-order valence-corrected chi connectivity index (χ0v) is 14.3. The molecule has 1 aromatic heterocycles. The van der Waals surface area contributed by atoms with Gasteiger partial charge in [0.05, 0.1) is 5.51 Å². The van der Waals surface area contributed by atoms with Crippen LogP contribution < -0.4 is 0 Å². The number of likely N-dealkylation sites (tertiary alicyclic amines) is 2. The average molecular weight is 343 g/mol. The number of thiazole rings is 1. The van der Waals surface area contributed by atoms with Crippen molar-refractivity contribution in [2.24, 2.45) is 5.41 Å². The highest BCUT2D eigenvalue weighted by atomic mass is 32.1. The minimum Gasteiger partial charge on any atom is -0.508 e. The fourth-order valence-electron chi connectivity index (χ4n) is 3.75. The summed E-state index contributed by atoms with van der Waals surface area (Å²) < 4.78 is 0. The largest absolute Gasteiger partial charge is 0.508 e. The van der Waals surface area contributed by atoms with E-state index in [0.717, 1.165) is 45.6 Å². The Bertz CT molecular complexity index is 698. The molecule has 24 heavy (non-hydrogen) atoms. The maximum atomic E-state index is 12.3. The number of benzene rings is 1. The molecule has 0 atom stereocenters. The summed E-state index contributed by atoms with van der Waals surface area (Å²) in [5.74, 6) is 0.393. The molecule has 5 nitrogen and oxygen atoms in total. The van der Waals surface area contributed by atoms with E-state index in [2.05, 4.69) is 9.88 Å². The molecule has 2 saturated heterocycles. The normalized spacial score (nSPS) is 20.1. The first-order chi connectivity index (χ1) is 11.6. The molecule has 2 aliphatic heterocycles. The van der Waals surface area contributed by atoms with Gasteiger partial charge in [0.1, 0.15) is 11.4 Å². The molecular weight excluding hydrogens is 322 g/mol. The summed E-state index contributed by atoms with van der Waals surface area (Å²) in [6.45, 7) is 4.81. The van der Waals surface area contributed by atoms with Gasteiger partial charge in [0.2, 0.25) is 0 Å². The maximum Gasteiger partial charge on any atom is 0.273 e. The van der Waals surface area contributed by atoms with Crippen molar-refractivity contribution in [2.75, 3.05) is 26.2 Å². The van der Waals surface area contributed by atoms with Crippen molar-refractivity contribution in [1.82, 2.24) is 14.8 Å². The molecule has 1 spiro atoms. The van der Waals surface area contributed by atoms with E-state index in [1.54, 1.807) is 17.6 Å². The van der Waals surface area contributed by atoms with Gasteiger partial charge in [-0.25, -0.2) is 4.98 Å². The van der Waals surface area contributed by atoms with Crippen molar-refractivity contribution in [1.29, 1.82) is 0 Å². The maximum absolute atomic E-state index is 12.3. The Hall–Kier alpha value is -1.92. The molecule has 6 heteroatoms. The Kier molecular flexibility index (Phi) is 4.02. The second-order valence-corrected chi connectivity index (χ2v) is 7.70. The highest BCUT2D eigenvalue weighted by molar-refractivity contribution is 7.07. The number of carbonyl (C=O) groups is 1. The summed E-state index contributed by atoms with van der Waals surface area (Å²) in [5, 5.41) is 11.2. The lowest BCUT2D eigenvalue weighted by molar-refractivity contribution is -0.0338. The Morgan fingerprint density at radius 2 is 1.92 bits per heavy atom. The number of rotatable bonds is 3. The highest BCUT2D eigenvalue weighted by Crippen LogP contribution is 2.41. The molecule has 2 fully saturated rings. The summed E-state index contributed by atoms with van der Waals surface area (Å²) in [5.41, 5.74) is 3.85. The SMILES string of the molecule is O=C(c1cscn1)N1CC2(CCN(Cc3ccc(O)cc3)CC2)C1. The second-order valence-electron chi connectivity index (χ2n) is 6.98. The smallest absolute Gasteiger partial charge is 0.273 e. The molecule has 0 bridgehead atoms. The van der Waals surface area contributed by atoms with Gasteiger partial charge in [0.15, 0.2) is 0 Å². The number of nitrogens with zero attached hydrogens (tertiary/aromatic N) is 3. The van der Waals surface area contributed by atoms with E-state index in [-0.39, 0.29) is 5.91 Å². The third kappa shape index (κ3) is 3.03. The quantitative estimate of drug-likeness (QED) is 0.931. The van der Waals surface area contributed by atoms with E-state index in [9.17, 15) is 9.90 Å². The van der Waals surface area contributed by atoms with E-state index in [1.165, 1.54) is 16.9 Å². The fraction of sp³-hybridized carbons (Fsp3) is 0.444. The number of hydrogen-bond acceptors (Lipinski definition) is 5. The van der Waals surface area contributed by atoms with Gasteiger partial charge in [-0.3, -0.25) is 9.69 Å². The lowest BCUT2D eigenvalue weighted by Gasteiger charge is -2.53. The van der Waals surface area contributed by atoms with Crippen LogP contribution in [0, 0.1) is 5.41 Å². The van der Waals surface area contributed by atoms with E-state index < -0.39 is 0 Å². The van der Waals surface area contributed by atoms with Crippen LogP contribution in [0.4, 0.5) is 0 Å². The van der Waals surface area contributed by atoms with Crippen LogP contribution in [0.2, 0.25) is 0 Å². The molecule has 3 heterocycles. The van der Waals surface area contributed by atoms with Crippen LogP contribution in [-0.4, -0.2) is 52.0 Å². The van der Waals surface area contributed by atoms with Crippen molar-refractivity contribution >= 4 is 17.2 Å². The zero-order valence-electron chi connectivity index (χ0n) is 13.5. The summed E-state index contributed by atoms with van der Waals surface area (Å²) in [4.78, 5) is 20.8. The predicted octanol–water partition coefficient (Wildman–Crippen LogP) is 2.59. The zero-order chi connectivity index (χ0) is 16.6. The lowest BCUT2D eigenvalue weighted by Crippen LogP contribution is -2.61. The van der Waals surface area contributed by atoms with Crippen LogP contribution in [0.25, 0.3) is 0 Å². The van der Waals surface area contributed by atoms with Gasteiger partial charge in [-0.1, -0.05) is 12.1 Å². The summed E-state index contributed by atoms with van der Waals surface area (Å²) in [6.07, 6.45) is 2.29. The Labute approximate surface area is 145 Å². The summed E-state index contributed by atoms with van der Waals surface area (Å²) in [6, 6.07) is 7.46. The molecule has 2 aliphatic rings. The van der Waals surface area contributed by atoms with E-state index in [1.807, 2.05) is 22.4 Å². The monoisotopic (exact) mass is 343 g/mol. The first-order valence-electron chi connectivity index (χ1n) is 8.31. The van der Waals surface area contributed by atoms with Crippen LogP contribution in [0.3, 0.4) is 0 Å². The van der Waals surface area contributed by atoms with Crippen LogP contribution in [0.15, 0.2) is 35.2 Å². The van der Waals surface area contributed by atoms with Gasteiger partial charge in [0.25, 0.3) is 5.91 Å². The number of phenols is 1. The molecule has 0 aliphatic carbocycles. The molecule has 2 aromatic rings. The second kappa shape index (κ2) is 6.18. The first-order valence-corrected chi connectivity index (χ1v) is 9.26. The first kappa shape index (κ1) is 15.6. The Balaban J connectivity index is 1.28. The van der Waals surface area contributed by atoms with Crippen LogP contribution in [0.5, 0.6) is 5.75 Å². The van der Waals surface area contributed by atoms with Gasteiger partial charge in [-0.15, -0.1) is 11.3 Å². The molecule has 0 saturated carbocycles. The Morgan fingerprint density at radius 3 is 2.54 bits per heavy atom. The van der Waals surface area contributed by atoms with Crippen LogP contribution in [0.1, 0.15) is 28.9 Å². The third-order valence-electron chi connectivity index (χ3n) is 5.25. The van der Waals surface area contributed by atoms with E-state index in [4.69, 9.17) is 0 Å². The molecule has 1 N–H and O–H groups in total. The van der Waals surface area contributed by atoms with Gasteiger partial charge in [-0.05, 0) is 43.6 Å². The third-order valence-corrected chi connectivity index (χ3v) is 5.84. The number of aromatic hydroxyl groups is 1. The van der Waals surface area contributed by atoms with Crippen molar-refractivity contribution < 1.29 is 9.90 Å². The van der Waals surface area contributed by atoms with Crippen molar-refractivity contribution in [3.63, 3.8) is 0 Å². The average Bonchev–Trinajstić information content (AvgIpc) is 3.10. The van der Waals surface area contributed by atoms with E-state index in [0.29, 0.717) is 16.9 Å². The fourth-order valence-corrected chi connectivity index (χ4v) is 4.27. The molecule has 1 amide bonds. The number of aromatic nitrogens is 1. The van der Waals surface area contributed by atoms with E-state index >= 15 is 0 Å². The van der Waals surface area contributed by atoms with Crippen LogP contribution in [-0.2, 0) is 6.54 Å². The number of carbonyl (C=O) groups excluding carboxylic acids is 1. The predicted molar refractivity (Wildman–Crippen MR) is 93.1 cm³/mol. The molecular formula is C18H21N3O2S. The standard InChI is InChI=1S/C18H21N3O2S/c22-15-3-1-14(2-4-15)9-20-7-5-18(6-8-20)11-21(12-18)17(23)16-10-24-13-19-16/h1-4,10,13,22H,5-9,11-12H2. The minimum atomic E-state index is 0.0772. The molecule has 4 rings (SSSR count). The van der Waals surface area contributed by atoms with Crippen molar-refractivity contribution in [3.05, 3.63) is 46.4 Å². The number of phenolic OH excluding ortho intramolecular Hbond substituents is 1.